The van der Waals surface area contributed by atoms with Crippen LogP contribution in [-0.4, -0.2) is 0 Å². The molecule has 0 spiro atoms. The van der Waals surface area contributed by atoms with Gasteiger partial charge < -0.3 is 4.90 Å². The lowest BCUT2D eigenvalue weighted by Crippen LogP contribution is -2.72. The van der Waals surface area contributed by atoms with Gasteiger partial charge in [-0.25, -0.2) is 0 Å². The summed E-state index contributed by atoms with van der Waals surface area (Å²) in [4.78, 5) is 2.72. The van der Waals surface area contributed by atoms with Crippen LogP contribution in [0.4, 0.5) is 5.69 Å². The number of rotatable bonds is 9. The third kappa shape index (κ3) is 5.47. The summed E-state index contributed by atoms with van der Waals surface area (Å²) in [5, 5.41) is 0. The molecule has 60 heavy (non-hydrogen) atoms. The number of hydrogen-bond donors (Lipinski definition) is 0. The van der Waals surface area contributed by atoms with Crippen molar-refractivity contribution in [1.29, 1.82) is 0 Å². The van der Waals surface area contributed by atoms with Crippen molar-refractivity contribution in [2.24, 2.45) is 0 Å². The van der Waals surface area contributed by atoms with E-state index in [4.69, 9.17) is 0 Å². The zero-order valence-electron chi connectivity index (χ0n) is 33.4. The second-order valence-electron chi connectivity index (χ2n) is 15.5. The van der Waals surface area contributed by atoms with Gasteiger partial charge >= 0.3 is 0 Å². The van der Waals surface area contributed by atoms with E-state index in [2.05, 4.69) is 278 Å². The summed E-state index contributed by atoms with van der Waals surface area (Å²) in [6, 6.07) is 101. The Morgan fingerprint density at radius 3 is 0.900 bits per heavy atom. The fourth-order valence-corrected chi connectivity index (χ4v) is 10.7. The van der Waals surface area contributed by atoms with Crippen molar-refractivity contribution in [3.05, 3.63) is 317 Å². The van der Waals surface area contributed by atoms with Crippen LogP contribution in [0.1, 0.15) is 44.5 Å². The summed E-state index contributed by atoms with van der Waals surface area (Å²) in [6.07, 6.45) is 0. The zero-order chi connectivity index (χ0) is 40.2. The lowest BCUT2D eigenvalue weighted by molar-refractivity contribution is 0.227. The van der Waals surface area contributed by atoms with Crippen LogP contribution in [0.3, 0.4) is 0 Å². The van der Waals surface area contributed by atoms with E-state index in [9.17, 15) is 0 Å². The maximum Gasteiger partial charge on any atom is 0.111 e. The van der Waals surface area contributed by atoms with Gasteiger partial charge in [-0.05, 0) is 56.6 Å². The first-order chi connectivity index (χ1) is 29.8. The SMILES string of the molecule is c1ccc(C2=C(c3ccccc3)C(c3ccccc3)(c3ccccc3)C(c3ccccc3)(c3ccccc3)C(c3ccccc3)(c3ccccc3)N2c2ccccc2)cc1. The molecule has 0 aromatic heterocycles. The molecule has 0 radical (unpaired) electrons. The quantitative estimate of drug-likeness (QED) is 0.141. The van der Waals surface area contributed by atoms with Gasteiger partial charge in [0, 0.05) is 11.3 Å². The molecule has 1 heteroatoms. The Morgan fingerprint density at radius 1 is 0.250 bits per heavy atom. The molecule has 9 aromatic carbocycles. The fourth-order valence-electron chi connectivity index (χ4n) is 10.7. The maximum atomic E-state index is 2.72. The van der Waals surface area contributed by atoms with Gasteiger partial charge in [-0.15, -0.1) is 0 Å². The second-order valence-corrected chi connectivity index (χ2v) is 15.5. The average Bonchev–Trinajstić information content (AvgIpc) is 3.35. The van der Waals surface area contributed by atoms with E-state index < -0.39 is 16.4 Å². The van der Waals surface area contributed by atoms with Crippen molar-refractivity contribution in [3.63, 3.8) is 0 Å². The number of hydrogen-bond acceptors (Lipinski definition) is 1. The molecule has 0 N–H and O–H groups in total. The molecular formula is C59H45N. The summed E-state index contributed by atoms with van der Waals surface area (Å²) < 4.78 is 0. The highest BCUT2D eigenvalue weighted by molar-refractivity contribution is 6.08. The number of anilines is 1. The Kier molecular flexibility index (Phi) is 9.64. The molecule has 0 aliphatic carbocycles. The Balaban J connectivity index is 1.66. The zero-order valence-corrected chi connectivity index (χ0v) is 33.4. The van der Waals surface area contributed by atoms with Crippen LogP contribution in [-0.2, 0) is 16.4 Å². The van der Waals surface area contributed by atoms with Crippen molar-refractivity contribution in [3.8, 4) is 0 Å². The van der Waals surface area contributed by atoms with Gasteiger partial charge in [-0.3, -0.25) is 0 Å². The largest absolute Gasteiger partial charge is 0.325 e. The number of nitrogens with zero attached hydrogens (tertiary/aromatic N) is 1. The van der Waals surface area contributed by atoms with E-state index in [1.165, 1.54) is 39.0 Å². The molecule has 0 amide bonds. The van der Waals surface area contributed by atoms with E-state index in [1.54, 1.807) is 0 Å². The lowest BCUT2D eigenvalue weighted by atomic mass is 9.38. The molecule has 0 fully saturated rings. The van der Waals surface area contributed by atoms with Crippen LogP contribution in [0.5, 0.6) is 0 Å². The minimum absolute atomic E-state index is 0.929. The van der Waals surface area contributed by atoms with Gasteiger partial charge in [0.2, 0.25) is 0 Å². The van der Waals surface area contributed by atoms with Gasteiger partial charge in [0.05, 0.1) is 16.5 Å². The highest BCUT2D eigenvalue weighted by Gasteiger charge is 2.73. The van der Waals surface area contributed by atoms with Crippen molar-refractivity contribution in [2.45, 2.75) is 16.4 Å². The Morgan fingerprint density at radius 2 is 0.533 bits per heavy atom. The number of benzene rings is 9. The van der Waals surface area contributed by atoms with Crippen LogP contribution in [0.25, 0.3) is 11.3 Å². The first-order valence-corrected chi connectivity index (χ1v) is 20.9. The fraction of sp³-hybridized carbons (Fsp3) is 0.0508. The summed E-state index contributed by atoms with van der Waals surface area (Å²) in [5.74, 6) is 0. The van der Waals surface area contributed by atoms with Crippen LogP contribution >= 0.6 is 0 Å². The lowest BCUT2D eigenvalue weighted by Gasteiger charge is -2.69. The predicted octanol–water partition coefficient (Wildman–Crippen LogP) is 14.0. The molecule has 286 valence electrons. The molecule has 1 nitrogen and oxygen atoms in total. The van der Waals surface area contributed by atoms with E-state index in [0.29, 0.717) is 0 Å². The van der Waals surface area contributed by atoms with E-state index in [-0.39, 0.29) is 0 Å². The Hall–Kier alpha value is -7.48. The molecule has 10 rings (SSSR count). The normalized spacial score (nSPS) is 15.3. The molecular weight excluding hydrogens is 723 g/mol. The topological polar surface area (TPSA) is 3.24 Å². The van der Waals surface area contributed by atoms with Gasteiger partial charge in [-0.2, -0.15) is 0 Å². The molecule has 0 saturated heterocycles. The molecule has 0 atom stereocenters. The minimum atomic E-state index is -0.991. The standard InChI is InChI=1S/C59H45N/c1-10-28-46(29-11-1)55-56(47-30-12-2-13-31-47)60(54-44-26-9-27-45-54)59(52-40-22-7-23-41-52,53-42-24-8-25-43-53)58(50-36-18-5-19-37-50,51-38-20-6-21-39-51)57(55,48-32-14-3-15-33-48)49-34-16-4-17-35-49/h1-45H. The Labute approximate surface area is 354 Å². The van der Waals surface area contributed by atoms with Crippen LogP contribution < -0.4 is 4.90 Å². The maximum absolute atomic E-state index is 2.72. The molecule has 9 aromatic rings. The summed E-state index contributed by atoms with van der Waals surface area (Å²) in [5.41, 5.74) is 9.94. The smallest absolute Gasteiger partial charge is 0.111 e. The molecule has 0 saturated carbocycles. The van der Waals surface area contributed by atoms with Gasteiger partial charge in [0.15, 0.2) is 0 Å². The van der Waals surface area contributed by atoms with Crippen molar-refractivity contribution in [2.75, 3.05) is 4.90 Å². The number of allylic oxidation sites excluding steroid dienone is 1. The van der Waals surface area contributed by atoms with Crippen LogP contribution in [0, 0.1) is 0 Å². The summed E-state index contributed by atoms with van der Waals surface area (Å²) >= 11 is 0. The van der Waals surface area contributed by atoms with E-state index >= 15 is 0 Å². The van der Waals surface area contributed by atoms with Gasteiger partial charge in [0.25, 0.3) is 0 Å². The molecule has 0 bridgehead atoms. The first kappa shape index (κ1) is 36.8. The van der Waals surface area contributed by atoms with Gasteiger partial charge in [0.1, 0.15) is 5.54 Å². The van der Waals surface area contributed by atoms with Gasteiger partial charge in [-0.1, -0.05) is 261 Å². The highest BCUT2D eigenvalue weighted by Crippen LogP contribution is 2.73. The van der Waals surface area contributed by atoms with E-state index in [0.717, 1.165) is 22.5 Å². The van der Waals surface area contributed by atoms with Crippen molar-refractivity contribution < 1.29 is 0 Å². The minimum Gasteiger partial charge on any atom is -0.325 e. The monoisotopic (exact) mass is 767 g/mol. The van der Waals surface area contributed by atoms with Crippen molar-refractivity contribution in [1.82, 2.24) is 0 Å². The number of para-hydroxylation sites is 1. The summed E-state index contributed by atoms with van der Waals surface area (Å²) in [6.45, 7) is 0. The average molecular weight is 768 g/mol. The first-order valence-electron chi connectivity index (χ1n) is 20.9. The summed E-state index contributed by atoms with van der Waals surface area (Å²) in [7, 11) is 0. The van der Waals surface area contributed by atoms with Crippen molar-refractivity contribution >= 4 is 17.0 Å². The third-order valence-electron chi connectivity index (χ3n) is 12.6. The highest BCUT2D eigenvalue weighted by atomic mass is 15.3. The molecule has 0 unspecified atom stereocenters. The second kappa shape index (κ2) is 15.7. The molecule has 1 aliphatic rings. The van der Waals surface area contributed by atoms with Crippen LogP contribution in [0.15, 0.2) is 273 Å². The third-order valence-corrected chi connectivity index (χ3v) is 12.6. The predicted molar refractivity (Wildman–Crippen MR) is 250 cm³/mol. The molecule has 1 aliphatic heterocycles. The van der Waals surface area contributed by atoms with Crippen LogP contribution in [0.2, 0.25) is 0 Å². The Bertz CT molecular complexity index is 2690. The van der Waals surface area contributed by atoms with E-state index in [1.807, 2.05) is 0 Å². The molecule has 1 heterocycles.